The van der Waals surface area contributed by atoms with Crippen LogP contribution in [0, 0.1) is 12.3 Å². The van der Waals surface area contributed by atoms with Gasteiger partial charge in [-0.1, -0.05) is 50.5 Å². The summed E-state index contributed by atoms with van der Waals surface area (Å²) in [5.74, 6) is 1.55. The Morgan fingerprint density at radius 3 is 2.54 bits per heavy atom. The zero-order valence-corrected chi connectivity index (χ0v) is 22.6. The van der Waals surface area contributed by atoms with Gasteiger partial charge in [-0.05, 0) is 60.2 Å². The topological polar surface area (TPSA) is 111 Å². The molecular weight excluding hydrogens is 490 g/mol. The molecule has 1 aliphatic carbocycles. The zero-order chi connectivity index (χ0) is 28.2. The van der Waals surface area contributed by atoms with Gasteiger partial charge in [-0.2, -0.15) is 0 Å². The van der Waals surface area contributed by atoms with Crippen LogP contribution in [0.5, 0.6) is 0 Å². The third-order valence-electron chi connectivity index (χ3n) is 6.85. The van der Waals surface area contributed by atoms with Crippen molar-refractivity contribution in [1.82, 2.24) is 20.3 Å². The highest BCUT2D eigenvalue weighted by Gasteiger charge is 2.38. The average Bonchev–Trinajstić information content (AvgIpc) is 3.54. The lowest BCUT2D eigenvalue weighted by Gasteiger charge is -2.33. The molecule has 3 N–H and O–H groups in total. The first kappa shape index (κ1) is 27.6. The molecule has 0 saturated heterocycles. The van der Waals surface area contributed by atoms with Crippen LogP contribution in [0.15, 0.2) is 84.6 Å². The van der Waals surface area contributed by atoms with Crippen LogP contribution in [0.25, 0.3) is 0 Å². The number of aliphatic hydroxyl groups excluding tert-OH is 1. The van der Waals surface area contributed by atoms with Gasteiger partial charge in [0.1, 0.15) is 11.7 Å². The first-order valence-electron chi connectivity index (χ1n) is 12.7. The first-order chi connectivity index (χ1) is 18.6. The number of H-pyrrole nitrogens is 1. The van der Waals surface area contributed by atoms with Crippen molar-refractivity contribution in [3.8, 4) is 12.3 Å². The minimum absolute atomic E-state index is 0.0953. The van der Waals surface area contributed by atoms with Gasteiger partial charge in [0.25, 0.3) is 5.91 Å². The number of pyridine rings is 1. The van der Waals surface area contributed by atoms with E-state index < -0.39 is 30.0 Å². The molecule has 200 valence electrons. The Bertz CT molecular complexity index is 1410. The minimum atomic E-state index is -1.10. The van der Waals surface area contributed by atoms with E-state index in [1.54, 1.807) is 36.7 Å². The maximum Gasteiger partial charge on any atom is 0.277 e. The second-order valence-electron chi connectivity index (χ2n) is 10.6. The van der Waals surface area contributed by atoms with Gasteiger partial charge in [0.15, 0.2) is 0 Å². The number of carbonyl (C=O) groups excluding carboxylic acids is 2. The predicted molar refractivity (Wildman–Crippen MR) is 151 cm³/mol. The highest BCUT2D eigenvalue weighted by Crippen LogP contribution is 2.33. The fourth-order valence-corrected chi connectivity index (χ4v) is 4.78. The number of aromatic nitrogens is 3. The van der Waals surface area contributed by atoms with Crippen LogP contribution in [-0.2, 0) is 10.2 Å². The third-order valence-corrected chi connectivity index (χ3v) is 6.85. The average molecular weight is 524 g/mol. The summed E-state index contributed by atoms with van der Waals surface area (Å²) in [4.78, 5) is 40.6. The zero-order valence-electron chi connectivity index (χ0n) is 22.6. The number of rotatable bonds is 7. The number of nitrogens with one attached hydrogen (secondary N) is 2. The van der Waals surface area contributed by atoms with Crippen LogP contribution in [0.3, 0.4) is 0 Å². The van der Waals surface area contributed by atoms with Crippen molar-refractivity contribution in [3.05, 3.63) is 101 Å². The summed E-state index contributed by atoms with van der Waals surface area (Å²) in [7, 11) is 0. The highest BCUT2D eigenvalue weighted by molar-refractivity contribution is 6.09. The van der Waals surface area contributed by atoms with E-state index in [0.717, 1.165) is 16.7 Å². The third kappa shape index (κ3) is 6.00. The van der Waals surface area contributed by atoms with Gasteiger partial charge in [0.2, 0.25) is 5.91 Å². The van der Waals surface area contributed by atoms with E-state index in [9.17, 15) is 14.7 Å². The number of anilines is 1. The summed E-state index contributed by atoms with van der Waals surface area (Å²) in [5, 5.41) is 13.8. The number of aromatic amines is 1. The normalized spacial score (nSPS) is 18.2. The molecule has 39 heavy (non-hydrogen) atoms. The van der Waals surface area contributed by atoms with Crippen molar-refractivity contribution in [2.45, 2.75) is 57.7 Å². The lowest BCUT2D eigenvalue weighted by Crippen LogP contribution is -2.49. The van der Waals surface area contributed by atoms with Crippen LogP contribution < -0.4 is 10.2 Å². The number of hydrogen-bond acceptors (Lipinski definition) is 5. The Kier molecular flexibility index (Phi) is 8.12. The van der Waals surface area contributed by atoms with Crippen molar-refractivity contribution >= 4 is 17.5 Å². The molecule has 2 amide bonds. The Morgan fingerprint density at radius 2 is 1.95 bits per heavy atom. The van der Waals surface area contributed by atoms with Crippen LogP contribution in [-0.4, -0.2) is 44.0 Å². The number of benzene rings is 1. The molecule has 4 rings (SSSR count). The maximum absolute atomic E-state index is 14.1. The number of allylic oxidation sites excluding steroid dienone is 1. The molecule has 8 heteroatoms. The van der Waals surface area contributed by atoms with Crippen molar-refractivity contribution in [2.24, 2.45) is 0 Å². The molecular formula is C31H33N5O3. The van der Waals surface area contributed by atoms with E-state index in [0.29, 0.717) is 17.7 Å². The lowest BCUT2D eigenvalue weighted by molar-refractivity contribution is -0.123. The van der Waals surface area contributed by atoms with E-state index in [2.05, 4.69) is 47.0 Å². The molecule has 1 aliphatic rings. The van der Waals surface area contributed by atoms with Gasteiger partial charge in [-0.25, -0.2) is 4.98 Å². The minimum Gasteiger partial charge on any atom is -0.390 e. The van der Waals surface area contributed by atoms with E-state index in [-0.39, 0.29) is 11.1 Å². The van der Waals surface area contributed by atoms with Gasteiger partial charge in [-0.15, -0.1) is 6.42 Å². The van der Waals surface area contributed by atoms with Crippen LogP contribution in [0.1, 0.15) is 61.8 Å². The summed E-state index contributed by atoms with van der Waals surface area (Å²) >= 11 is 0. The summed E-state index contributed by atoms with van der Waals surface area (Å²) in [6.07, 6.45) is 14.3. The molecule has 8 nitrogen and oxygen atoms in total. The van der Waals surface area contributed by atoms with E-state index in [1.165, 1.54) is 17.4 Å². The van der Waals surface area contributed by atoms with Crippen molar-refractivity contribution < 1.29 is 14.7 Å². The van der Waals surface area contributed by atoms with Crippen molar-refractivity contribution in [1.29, 1.82) is 0 Å². The molecule has 1 aromatic carbocycles. The van der Waals surface area contributed by atoms with Crippen molar-refractivity contribution in [2.75, 3.05) is 4.90 Å². The SMILES string of the molecule is C#C/C=C\C1=C(C)C[C@@H](O)[C@@H]1NC(=O)C(c1cccnc1)N(C(=O)c1cnc[nH]1)c1ccc(C(C)(C)C)cc1. The molecule has 1 unspecified atom stereocenters. The number of carbonyl (C=O) groups is 2. The number of hydrogen-bond donors (Lipinski definition) is 3. The Labute approximate surface area is 228 Å². The fraction of sp³-hybridized carbons (Fsp3) is 0.290. The number of aliphatic hydroxyl groups is 1. The summed E-state index contributed by atoms with van der Waals surface area (Å²) in [5.41, 5.74) is 3.93. The monoisotopic (exact) mass is 523 g/mol. The van der Waals surface area contributed by atoms with E-state index >= 15 is 0 Å². The van der Waals surface area contributed by atoms with E-state index in [1.807, 2.05) is 31.2 Å². The Balaban J connectivity index is 1.81. The molecule has 0 bridgehead atoms. The van der Waals surface area contributed by atoms with Gasteiger partial charge in [0.05, 0.1) is 24.7 Å². The number of nitrogens with zero attached hydrogens (tertiary/aromatic N) is 3. The number of imidazole rings is 1. The highest BCUT2D eigenvalue weighted by atomic mass is 16.3. The second kappa shape index (κ2) is 11.5. The van der Waals surface area contributed by atoms with Gasteiger partial charge in [-0.3, -0.25) is 19.5 Å². The van der Waals surface area contributed by atoms with Gasteiger partial charge >= 0.3 is 0 Å². The molecule has 3 aromatic rings. The molecule has 2 heterocycles. The van der Waals surface area contributed by atoms with Crippen LogP contribution in [0.4, 0.5) is 5.69 Å². The van der Waals surface area contributed by atoms with Crippen LogP contribution in [0.2, 0.25) is 0 Å². The molecule has 0 saturated carbocycles. The lowest BCUT2D eigenvalue weighted by atomic mass is 9.87. The Morgan fingerprint density at radius 1 is 1.21 bits per heavy atom. The largest absolute Gasteiger partial charge is 0.390 e. The molecule has 0 fully saturated rings. The Hall–Kier alpha value is -4.48. The quantitative estimate of drug-likeness (QED) is 0.401. The predicted octanol–water partition coefficient (Wildman–Crippen LogP) is 4.25. The molecule has 0 radical (unpaired) electrons. The molecule has 0 spiro atoms. The first-order valence-corrected chi connectivity index (χ1v) is 12.7. The van der Waals surface area contributed by atoms with Crippen LogP contribution >= 0.6 is 0 Å². The summed E-state index contributed by atoms with van der Waals surface area (Å²) < 4.78 is 0. The van der Waals surface area contributed by atoms with Gasteiger partial charge < -0.3 is 15.4 Å². The van der Waals surface area contributed by atoms with E-state index in [4.69, 9.17) is 6.42 Å². The molecule has 2 aromatic heterocycles. The standard InChI is InChI=1S/C31H33N5O3/c1-6-7-10-24-20(2)16-26(37)27(24)35-29(38)28(21-9-8-15-32-17-21)36(30(39)25-18-33-19-34-25)23-13-11-22(12-14-23)31(3,4)5/h1,7-15,17-19,26-28,37H,16H2,2-5H3,(H,33,34)(H,35,38)/b10-7-/t26-,27-,28?/m1/s1. The van der Waals surface area contributed by atoms with Gasteiger partial charge in [0, 0.05) is 23.6 Å². The summed E-state index contributed by atoms with van der Waals surface area (Å²) in [6.45, 7) is 8.22. The second-order valence-corrected chi connectivity index (χ2v) is 10.6. The number of terminal acetylenes is 1. The number of amides is 2. The molecule has 0 aliphatic heterocycles. The maximum atomic E-state index is 14.1. The van der Waals surface area contributed by atoms with Crippen molar-refractivity contribution in [3.63, 3.8) is 0 Å². The molecule has 3 atom stereocenters. The fourth-order valence-electron chi connectivity index (χ4n) is 4.78. The smallest absolute Gasteiger partial charge is 0.277 e. The summed E-state index contributed by atoms with van der Waals surface area (Å²) in [6, 6.07) is 9.26.